The van der Waals surface area contributed by atoms with Gasteiger partial charge in [-0.05, 0) is 30.4 Å². The fourth-order valence-electron chi connectivity index (χ4n) is 3.38. The molecule has 1 aromatic rings. The second kappa shape index (κ2) is 7.26. The largest absolute Gasteiger partial charge is 0.465 e. The first-order chi connectivity index (χ1) is 11.9. The third-order valence-electron chi connectivity index (χ3n) is 4.36. The highest BCUT2D eigenvalue weighted by Gasteiger charge is 2.52. The van der Waals surface area contributed by atoms with Gasteiger partial charge in [-0.2, -0.15) is 5.26 Å². The monoisotopic (exact) mass is 342 g/mol. The molecule has 0 bridgehead atoms. The molecule has 0 aromatic heterocycles. The Kier molecular flexibility index (Phi) is 5.32. The zero-order valence-corrected chi connectivity index (χ0v) is 14.0. The van der Waals surface area contributed by atoms with Gasteiger partial charge >= 0.3 is 5.97 Å². The second-order valence-corrected chi connectivity index (χ2v) is 6.05. The average molecular weight is 342 g/mol. The first kappa shape index (κ1) is 18.3. The highest BCUT2D eigenvalue weighted by Crippen LogP contribution is 2.49. The Morgan fingerprint density at radius 2 is 2.12 bits per heavy atom. The lowest BCUT2D eigenvalue weighted by Gasteiger charge is -2.38. The molecule has 0 radical (unpaired) electrons. The van der Waals surface area contributed by atoms with E-state index < -0.39 is 22.2 Å². The smallest absolute Gasteiger partial charge is 0.327 e. The lowest BCUT2D eigenvalue weighted by molar-refractivity contribution is -0.384. The molecule has 0 N–H and O–H groups in total. The van der Waals surface area contributed by atoms with Crippen LogP contribution in [0.3, 0.4) is 0 Å². The number of hydrogen-bond donors (Lipinski definition) is 0. The van der Waals surface area contributed by atoms with Crippen LogP contribution < -0.4 is 0 Å². The Bertz CT molecular complexity index is 763. The summed E-state index contributed by atoms with van der Waals surface area (Å²) in [5, 5.41) is 20.7. The van der Waals surface area contributed by atoms with Gasteiger partial charge in [0.05, 0.1) is 17.6 Å². The summed E-state index contributed by atoms with van der Waals surface area (Å²) in [5.74, 6) is -1.66. The molecule has 1 aromatic carbocycles. The molecule has 0 aliphatic heterocycles. The number of nitro groups is 1. The standard InChI is InChI=1S/C18H18N2O5/c1-3-25-17(22)18(11-19)9-12(2)8-14(10-21)16(18)13-4-6-15(7-5-13)20(23)24/h4-8,10,12,16H,3,9H2,1-2H3/t12-,16+,18+/m0/s1. The fraction of sp³-hybridized carbons (Fsp3) is 0.389. The number of allylic oxidation sites excluding steroid dienone is 2. The van der Waals surface area contributed by atoms with E-state index in [-0.39, 0.29) is 24.6 Å². The van der Waals surface area contributed by atoms with Crippen LogP contribution in [0.25, 0.3) is 0 Å². The predicted octanol–water partition coefficient (Wildman–Crippen LogP) is 2.92. The van der Waals surface area contributed by atoms with Gasteiger partial charge in [-0.1, -0.05) is 25.1 Å². The maximum Gasteiger partial charge on any atom is 0.327 e. The quantitative estimate of drug-likeness (QED) is 0.352. The van der Waals surface area contributed by atoms with E-state index >= 15 is 0 Å². The van der Waals surface area contributed by atoms with E-state index in [0.717, 1.165) is 0 Å². The van der Waals surface area contributed by atoms with E-state index in [1.165, 1.54) is 24.3 Å². The highest BCUT2D eigenvalue weighted by molar-refractivity contribution is 5.87. The van der Waals surface area contributed by atoms with Gasteiger partial charge in [0.25, 0.3) is 5.69 Å². The third-order valence-corrected chi connectivity index (χ3v) is 4.36. The summed E-state index contributed by atoms with van der Waals surface area (Å²) in [4.78, 5) is 34.5. The molecule has 0 saturated heterocycles. The number of non-ortho nitro benzene ring substituents is 1. The van der Waals surface area contributed by atoms with Crippen molar-refractivity contribution in [3.8, 4) is 6.07 Å². The molecule has 130 valence electrons. The Morgan fingerprint density at radius 3 is 2.60 bits per heavy atom. The molecule has 1 aliphatic rings. The number of nitriles is 1. The van der Waals surface area contributed by atoms with E-state index in [4.69, 9.17) is 4.74 Å². The summed E-state index contributed by atoms with van der Waals surface area (Å²) in [6.07, 6.45) is 2.57. The average Bonchev–Trinajstić information content (AvgIpc) is 2.60. The third kappa shape index (κ3) is 3.29. The number of hydrogen-bond acceptors (Lipinski definition) is 6. The molecule has 7 nitrogen and oxygen atoms in total. The molecule has 25 heavy (non-hydrogen) atoms. The van der Waals surface area contributed by atoms with E-state index in [9.17, 15) is 25.0 Å². The fourth-order valence-corrected chi connectivity index (χ4v) is 3.38. The maximum atomic E-state index is 12.6. The van der Waals surface area contributed by atoms with Gasteiger partial charge in [0.15, 0.2) is 5.41 Å². The summed E-state index contributed by atoms with van der Waals surface area (Å²) in [6, 6.07) is 7.61. The van der Waals surface area contributed by atoms with Crippen molar-refractivity contribution in [2.75, 3.05) is 6.61 Å². The van der Waals surface area contributed by atoms with Crippen molar-refractivity contribution >= 4 is 17.9 Å². The van der Waals surface area contributed by atoms with E-state index in [2.05, 4.69) is 6.07 Å². The molecular formula is C18H18N2O5. The minimum absolute atomic E-state index is 0.108. The molecular weight excluding hydrogens is 324 g/mol. The summed E-state index contributed by atoms with van der Waals surface area (Å²) >= 11 is 0. The van der Waals surface area contributed by atoms with Crippen LogP contribution in [0.15, 0.2) is 35.9 Å². The molecule has 7 heteroatoms. The van der Waals surface area contributed by atoms with Gasteiger partial charge < -0.3 is 4.74 Å². The molecule has 0 saturated carbocycles. The lowest BCUT2D eigenvalue weighted by atomic mass is 9.62. The zero-order valence-electron chi connectivity index (χ0n) is 14.0. The first-order valence-corrected chi connectivity index (χ1v) is 7.89. The number of benzene rings is 1. The Hall–Kier alpha value is -3.01. The minimum atomic E-state index is -1.55. The van der Waals surface area contributed by atoms with Gasteiger partial charge in [0.1, 0.15) is 6.29 Å². The van der Waals surface area contributed by atoms with Crippen LogP contribution >= 0.6 is 0 Å². The molecule has 3 atom stereocenters. The number of esters is 1. The maximum absolute atomic E-state index is 12.6. The van der Waals surface area contributed by atoms with E-state index in [1.807, 2.05) is 6.92 Å². The molecule has 0 spiro atoms. The van der Waals surface area contributed by atoms with Crippen molar-refractivity contribution in [3.05, 3.63) is 51.6 Å². The molecule has 0 amide bonds. The van der Waals surface area contributed by atoms with Crippen LogP contribution in [0.4, 0.5) is 5.69 Å². The van der Waals surface area contributed by atoms with Crippen molar-refractivity contribution < 1.29 is 19.2 Å². The van der Waals surface area contributed by atoms with Crippen molar-refractivity contribution in [3.63, 3.8) is 0 Å². The summed E-state index contributed by atoms with van der Waals surface area (Å²) in [5.41, 5.74) is -0.854. The van der Waals surface area contributed by atoms with Crippen LogP contribution in [0.2, 0.25) is 0 Å². The molecule has 1 aliphatic carbocycles. The number of nitrogens with zero attached hydrogens (tertiary/aromatic N) is 2. The topological polar surface area (TPSA) is 110 Å². The number of carbonyl (C=O) groups excluding carboxylic acids is 2. The normalized spacial score (nSPS) is 25.4. The van der Waals surface area contributed by atoms with Crippen molar-refractivity contribution in [2.24, 2.45) is 11.3 Å². The van der Waals surface area contributed by atoms with Crippen LogP contribution in [0.1, 0.15) is 31.7 Å². The Morgan fingerprint density at radius 1 is 1.48 bits per heavy atom. The van der Waals surface area contributed by atoms with E-state index in [1.54, 1.807) is 13.0 Å². The SMILES string of the molecule is CCOC(=O)[C@@]1(C#N)C[C@@H](C)C=C(C=O)[C@H]1c1ccc([N+](=O)[O-])cc1. The number of carbonyl (C=O) groups is 2. The molecule has 2 rings (SSSR count). The molecule has 0 fully saturated rings. The minimum Gasteiger partial charge on any atom is -0.465 e. The van der Waals surface area contributed by atoms with Gasteiger partial charge in [0, 0.05) is 18.1 Å². The van der Waals surface area contributed by atoms with Gasteiger partial charge in [0.2, 0.25) is 0 Å². The van der Waals surface area contributed by atoms with Crippen molar-refractivity contribution in [1.82, 2.24) is 0 Å². The summed E-state index contributed by atoms with van der Waals surface area (Å²) in [6.45, 7) is 3.58. The number of nitro benzene ring substituents is 1. The number of rotatable bonds is 5. The Labute approximate surface area is 145 Å². The number of ether oxygens (including phenoxy) is 1. The first-order valence-electron chi connectivity index (χ1n) is 7.89. The predicted molar refractivity (Wildman–Crippen MR) is 88.4 cm³/mol. The van der Waals surface area contributed by atoms with Crippen molar-refractivity contribution in [1.29, 1.82) is 5.26 Å². The summed E-state index contributed by atoms with van der Waals surface area (Å²) in [7, 11) is 0. The molecule has 0 heterocycles. The molecule has 0 unspecified atom stereocenters. The zero-order chi connectivity index (χ0) is 18.6. The van der Waals surface area contributed by atoms with Gasteiger partial charge in [-0.3, -0.25) is 19.7 Å². The van der Waals surface area contributed by atoms with Crippen LogP contribution in [0.5, 0.6) is 0 Å². The summed E-state index contributed by atoms with van der Waals surface area (Å²) < 4.78 is 5.12. The van der Waals surface area contributed by atoms with Gasteiger partial charge in [-0.15, -0.1) is 0 Å². The van der Waals surface area contributed by atoms with Crippen LogP contribution in [0, 0.1) is 32.8 Å². The van der Waals surface area contributed by atoms with E-state index in [0.29, 0.717) is 17.4 Å². The Balaban J connectivity index is 2.62. The van der Waals surface area contributed by atoms with Crippen LogP contribution in [-0.2, 0) is 14.3 Å². The van der Waals surface area contributed by atoms with Crippen molar-refractivity contribution in [2.45, 2.75) is 26.2 Å². The highest BCUT2D eigenvalue weighted by atomic mass is 16.6. The lowest BCUT2D eigenvalue weighted by Crippen LogP contribution is -2.42. The van der Waals surface area contributed by atoms with Crippen LogP contribution in [-0.4, -0.2) is 23.8 Å². The number of aldehydes is 1. The second-order valence-electron chi connectivity index (χ2n) is 6.05. The van der Waals surface area contributed by atoms with Gasteiger partial charge in [-0.25, -0.2) is 0 Å².